The van der Waals surface area contributed by atoms with E-state index in [0.29, 0.717) is 29.2 Å². The number of fused-ring (bicyclic) bond motifs is 1. The number of imidazole rings is 1. The predicted octanol–water partition coefficient (Wildman–Crippen LogP) is 2.69. The van der Waals surface area contributed by atoms with Gasteiger partial charge in [-0.2, -0.15) is 9.97 Å². The first-order chi connectivity index (χ1) is 12.7. The molecule has 1 fully saturated rings. The molecule has 0 aliphatic carbocycles. The van der Waals surface area contributed by atoms with E-state index in [4.69, 9.17) is 9.47 Å². The highest BCUT2D eigenvalue weighted by molar-refractivity contribution is 5.87. The van der Waals surface area contributed by atoms with Crippen LogP contribution in [0.3, 0.4) is 0 Å². The molecule has 1 aliphatic heterocycles. The second-order valence-corrected chi connectivity index (χ2v) is 6.00. The number of para-hydroxylation sites is 1. The molecule has 3 heterocycles. The SMILES string of the molecule is COc1cccc(Nc2nc(O)nc3c2ncn3C2CCCCO2)c1O. The maximum atomic E-state index is 10.3. The zero-order chi connectivity index (χ0) is 18.1. The molecule has 26 heavy (non-hydrogen) atoms. The fraction of sp³-hybridized carbons (Fsp3) is 0.353. The number of aromatic nitrogens is 4. The number of nitrogens with zero attached hydrogens (tertiary/aromatic N) is 4. The lowest BCUT2D eigenvalue weighted by atomic mass is 10.2. The van der Waals surface area contributed by atoms with Crippen LogP contribution in [0.1, 0.15) is 25.5 Å². The summed E-state index contributed by atoms with van der Waals surface area (Å²) in [6.07, 6.45) is 4.41. The summed E-state index contributed by atoms with van der Waals surface area (Å²) >= 11 is 0. The maximum Gasteiger partial charge on any atom is 0.318 e. The molecule has 0 saturated carbocycles. The Morgan fingerprint density at radius 1 is 1.27 bits per heavy atom. The topological polar surface area (TPSA) is 115 Å². The minimum absolute atomic E-state index is 0.0590. The summed E-state index contributed by atoms with van der Waals surface area (Å²) in [6, 6.07) is 4.65. The highest BCUT2D eigenvalue weighted by atomic mass is 16.5. The molecule has 0 bridgehead atoms. The van der Waals surface area contributed by atoms with Crippen LogP contribution in [-0.2, 0) is 4.74 Å². The van der Waals surface area contributed by atoms with Crippen LogP contribution in [0.5, 0.6) is 17.5 Å². The molecule has 1 aliphatic rings. The Bertz CT molecular complexity index is 936. The average molecular weight is 357 g/mol. The molecule has 2 aromatic heterocycles. The van der Waals surface area contributed by atoms with E-state index in [1.165, 1.54) is 7.11 Å². The van der Waals surface area contributed by atoms with E-state index >= 15 is 0 Å². The second-order valence-electron chi connectivity index (χ2n) is 6.00. The number of hydrogen-bond donors (Lipinski definition) is 3. The molecule has 0 spiro atoms. The fourth-order valence-electron chi connectivity index (χ4n) is 3.06. The molecule has 3 aromatic rings. The summed E-state index contributed by atoms with van der Waals surface area (Å²) in [5.74, 6) is 0.549. The summed E-state index contributed by atoms with van der Waals surface area (Å²) in [7, 11) is 1.47. The number of aromatic hydroxyl groups is 2. The Morgan fingerprint density at radius 2 is 2.15 bits per heavy atom. The lowest BCUT2D eigenvalue weighted by molar-refractivity contribution is -0.0298. The zero-order valence-corrected chi connectivity index (χ0v) is 14.2. The van der Waals surface area contributed by atoms with E-state index < -0.39 is 0 Å². The Morgan fingerprint density at radius 3 is 2.92 bits per heavy atom. The van der Waals surface area contributed by atoms with Crippen molar-refractivity contribution < 1.29 is 19.7 Å². The standard InChI is InChI=1S/C17H19N5O4/c1-25-11-6-4-5-10(14(11)23)19-15-13-16(21-17(24)20-15)22(9-18-13)12-7-2-3-8-26-12/h4-6,9,12,23H,2-3,7-8H2,1H3,(H2,19,20,21,24). The van der Waals surface area contributed by atoms with Crippen molar-refractivity contribution in [1.82, 2.24) is 19.5 Å². The second kappa shape index (κ2) is 6.68. The molecule has 0 radical (unpaired) electrons. The molecule has 1 saturated heterocycles. The predicted molar refractivity (Wildman–Crippen MR) is 93.8 cm³/mol. The van der Waals surface area contributed by atoms with Crippen molar-refractivity contribution in [2.24, 2.45) is 0 Å². The van der Waals surface area contributed by atoms with Crippen molar-refractivity contribution in [3.05, 3.63) is 24.5 Å². The van der Waals surface area contributed by atoms with Crippen LogP contribution < -0.4 is 10.1 Å². The van der Waals surface area contributed by atoms with Gasteiger partial charge in [0, 0.05) is 6.61 Å². The van der Waals surface area contributed by atoms with Gasteiger partial charge in [-0.1, -0.05) is 6.07 Å². The van der Waals surface area contributed by atoms with Crippen LogP contribution in [-0.4, -0.2) is 43.4 Å². The summed E-state index contributed by atoms with van der Waals surface area (Å²) < 4.78 is 12.7. The number of phenols is 1. The lowest BCUT2D eigenvalue weighted by Crippen LogP contribution is -2.17. The van der Waals surface area contributed by atoms with Gasteiger partial charge in [0.15, 0.2) is 28.5 Å². The average Bonchev–Trinajstić information content (AvgIpc) is 3.08. The molecular weight excluding hydrogens is 338 g/mol. The number of benzene rings is 1. The number of hydrogen-bond acceptors (Lipinski definition) is 8. The van der Waals surface area contributed by atoms with E-state index in [1.54, 1.807) is 29.1 Å². The van der Waals surface area contributed by atoms with Crippen molar-refractivity contribution in [3.63, 3.8) is 0 Å². The van der Waals surface area contributed by atoms with Crippen LogP contribution >= 0.6 is 0 Å². The number of ether oxygens (including phenoxy) is 2. The number of nitrogens with one attached hydrogen (secondary N) is 1. The van der Waals surface area contributed by atoms with Gasteiger partial charge in [-0.3, -0.25) is 4.57 Å². The summed E-state index contributed by atoms with van der Waals surface area (Å²) in [5.41, 5.74) is 1.32. The molecule has 1 atom stereocenters. The number of methoxy groups -OCH3 is 1. The monoisotopic (exact) mass is 357 g/mol. The third-order valence-electron chi connectivity index (χ3n) is 4.35. The first-order valence-corrected chi connectivity index (χ1v) is 8.35. The zero-order valence-electron chi connectivity index (χ0n) is 14.2. The van der Waals surface area contributed by atoms with E-state index in [1.807, 2.05) is 0 Å². The number of phenolic OH excluding ortho intramolecular Hbond substituents is 1. The third-order valence-corrected chi connectivity index (χ3v) is 4.35. The smallest absolute Gasteiger partial charge is 0.318 e. The quantitative estimate of drug-likeness (QED) is 0.611. The van der Waals surface area contributed by atoms with Gasteiger partial charge in [0.25, 0.3) is 0 Å². The van der Waals surface area contributed by atoms with Crippen molar-refractivity contribution in [3.8, 4) is 17.5 Å². The van der Waals surface area contributed by atoms with Gasteiger partial charge < -0.3 is 25.0 Å². The summed E-state index contributed by atoms with van der Waals surface area (Å²) in [6.45, 7) is 0.685. The highest BCUT2D eigenvalue weighted by Crippen LogP contribution is 2.36. The molecule has 1 unspecified atom stereocenters. The van der Waals surface area contributed by atoms with E-state index in [-0.39, 0.29) is 23.8 Å². The Kier molecular flexibility index (Phi) is 4.21. The minimum atomic E-state index is -0.389. The summed E-state index contributed by atoms with van der Waals surface area (Å²) in [5, 5.41) is 23.2. The number of rotatable bonds is 4. The van der Waals surface area contributed by atoms with E-state index in [9.17, 15) is 10.2 Å². The first-order valence-electron chi connectivity index (χ1n) is 8.35. The van der Waals surface area contributed by atoms with Crippen LogP contribution in [0.2, 0.25) is 0 Å². The van der Waals surface area contributed by atoms with Crippen molar-refractivity contribution in [2.45, 2.75) is 25.5 Å². The maximum absolute atomic E-state index is 10.3. The van der Waals surface area contributed by atoms with Crippen LogP contribution in [0.4, 0.5) is 11.5 Å². The van der Waals surface area contributed by atoms with Crippen molar-refractivity contribution in [1.29, 1.82) is 0 Å². The molecule has 136 valence electrons. The van der Waals surface area contributed by atoms with E-state index in [0.717, 1.165) is 19.3 Å². The Balaban J connectivity index is 1.75. The molecular formula is C17H19N5O4. The van der Waals surface area contributed by atoms with Crippen LogP contribution in [0.15, 0.2) is 24.5 Å². The molecule has 9 nitrogen and oxygen atoms in total. The summed E-state index contributed by atoms with van der Waals surface area (Å²) in [4.78, 5) is 12.5. The fourth-order valence-corrected chi connectivity index (χ4v) is 3.06. The Labute approximate surface area is 149 Å². The normalized spacial score (nSPS) is 17.3. The molecule has 0 amide bonds. The van der Waals surface area contributed by atoms with Crippen molar-refractivity contribution >= 4 is 22.7 Å². The third kappa shape index (κ3) is 2.86. The van der Waals surface area contributed by atoms with Gasteiger partial charge >= 0.3 is 6.01 Å². The number of anilines is 2. The van der Waals surface area contributed by atoms with E-state index in [2.05, 4.69) is 20.3 Å². The first kappa shape index (κ1) is 16.4. The van der Waals surface area contributed by atoms with Gasteiger partial charge in [0.2, 0.25) is 0 Å². The highest BCUT2D eigenvalue weighted by Gasteiger charge is 2.22. The van der Waals surface area contributed by atoms with Gasteiger partial charge in [-0.15, -0.1) is 0 Å². The largest absolute Gasteiger partial charge is 0.503 e. The van der Waals surface area contributed by atoms with Gasteiger partial charge in [0.05, 0.1) is 19.1 Å². The molecule has 1 aromatic carbocycles. The lowest BCUT2D eigenvalue weighted by Gasteiger charge is -2.23. The molecule has 3 N–H and O–H groups in total. The van der Waals surface area contributed by atoms with Gasteiger partial charge in [-0.25, -0.2) is 4.98 Å². The molecule has 9 heteroatoms. The van der Waals surface area contributed by atoms with Crippen molar-refractivity contribution in [2.75, 3.05) is 19.0 Å². The van der Waals surface area contributed by atoms with Gasteiger partial charge in [-0.05, 0) is 31.4 Å². The van der Waals surface area contributed by atoms with Crippen LogP contribution in [0.25, 0.3) is 11.2 Å². The molecule has 4 rings (SSSR count). The minimum Gasteiger partial charge on any atom is -0.503 e. The van der Waals surface area contributed by atoms with Gasteiger partial charge in [0.1, 0.15) is 6.23 Å². The Hall–Kier alpha value is -3.07. The van der Waals surface area contributed by atoms with Crippen LogP contribution in [0, 0.1) is 0 Å².